The summed E-state index contributed by atoms with van der Waals surface area (Å²) in [5, 5.41) is 49.8. The number of carbonyl (C=O) groups is 1. The van der Waals surface area contributed by atoms with Crippen LogP contribution in [0.5, 0.6) is 0 Å². The Hall–Kier alpha value is -0.250. The molecule has 0 aromatic rings. The van der Waals surface area contributed by atoms with Crippen molar-refractivity contribution >= 4 is 29.3 Å². The van der Waals surface area contributed by atoms with Crippen molar-refractivity contribution in [2.45, 2.75) is 99.9 Å². The summed E-state index contributed by atoms with van der Waals surface area (Å²) in [5.74, 6) is 0.350. The number of likely N-dealkylation sites (N-methyl/N-ethyl adjacent to an activating group) is 1. The van der Waals surface area contributed by atoms with Gasteiger partial charge < -0.3 is 45.1 Å². The largest absolute Gasteiger partial charge is 0.394 e. The van der Waals surface area contributed by atoms with E-state index in [1.54, 1.807) is 13.2 Å². The van der Waals surface area contributed by atoms with Crippen LogP contribution in [0.2, 0.25) is 0 Å². The highest BCUT2D eigenvalue weighted by Gasteiger charge is 2.48. The summed E-state index contributed by atoms with van der Waals surface area (Å²) in [6, 6.07) is -0.934. The Labute approximate surface area is 242 Å². The number of aliphatic hydroxyl groups excluding tert-OH is 5. The highest BCUT2D eigenvalue weighted by Crippen LogP contribution is 2.31. The van der Waals surface area contributed by atoms with Gasteiger partial charge in [0, 0.05) is 13.2 Å². The van der Waals surface area contributed by atoms with E-state index in [4.69, 9.17) is 36.0 Å². The van der Waals surface area contributed by atoms with Gasteiger partial charge in [0.05, 0.1) is 50.0 Å². The molecule has 0 saturated carbocycles. The fourth-order valence-corrected chi connectivity index (χ4v) is 5.75. The Balaban J connectivity index is 0.000000534. The Morgan fingerprint density at radius 2 is 1.79 bits per heavy atom. The molecule has 0 radical (unpaired) electrons. The topological polar surface area (TPSA) is 161 Å². The smallest absolute Gasteiger partial charge is 0.237 e. The number of nitrogens with one attached hydrogen (secondary N) is 1. The van der Waals surface area contributed by atoms with E-state index in [1.165, 1.54) is 11.8 Å². The van der Waals surface area contributed by atoms with Gasteiger partial charge in [-0.1, -0.05) is 13.3 Å². The van der Waals surface area contributed by atoms with Gasteiger partial charge >= 0.3 is 0 Å². The molecule has 0 aromatic carbocycles. The second-order valence-corrected chi connectivity index (χ2v) is 11.9. The number of hydrogen-bond donors (Lipinski definition) is 6. The summed E-state index contributed by atoms with van der Waals surface area (Å²) >= 11 is 7.55. The van der Waals surface area contributed by atoms with Crippen molar-refractivity contribution in [3.8, 4) is 0 Å². The van der Waals surface area contributed by atoms with Crippen molar-refractivity contribution in [1.29, 1.82) is 0 Å². The minimum absolute atomic E-state index is 0.0574. The molecule has 2 saturated heterocycles. The van der Waals surface area contributed by atoms with Crippen LogP contribution < -0.4 is 5.32 Å². The highest BCUT2D eigenvalue weighted by atomic mass is 35.5. The molecular formula is C26H51ClN2O9S. The first kappa shape index (κ1) is 36.8. The minimum atomic E-state index is -1.36. The lowest BCUT2D eigenvalue weighted by Crippen LogP contribution is -2.65. The molecule has 0 bridgehead atoms. The molecule has 39 heavy (non-hydrogen) atoms. The molecule has 0 aromatic heterocycles. The predicted molar refractivity (Wildman–Crippen MR) is 152 cm³/mol. The van der Waals surface area contributed by atoms with Crippen LogP contribution in [0.15, 0.2) is 0 Å². The van der Waals surface area contributed by atoms with Crippen LogP contribution in [0, 0.1) is 5.92 Å². The molecule has 232 valence electrons. The van der Waals surface area contributed by atoms with E-state index in [-0.39, 0.29) is 31.3 Å². The summed E-state index contributed by atoms with van der Waals surface area (Å²) in [4.78, 5) is 14.9. The number of thioether (sulfide) groups is 1. The molecule has 2 heterocycles. The van der Waals surface area contributed by atoms with Crippen LogP contribution in [0.25, 0.3) is 0 Å². The number of halogens is 1. The minimum Gasteiger partial charge on any atom is -0.394 e. The zero-order chi connectivity index (χ0) is 29.5. The summed E-state index contributed by atoms with van der Waals surface area (Å²) in [6.45, 7) is 8.14. The zero-order valence-electron chi connectivity index (χ0n) is 23.9. The van der Waals surface area contributed by atoms with Crippen LogP contribution in [0.1, 0.15) is 46.5 Å². The number of nitrogens with zero attached hydrogens (tertiary/aromatic N) is 1. The molecule has 1 unspecified atom stereocenters. The third-order valence-corrected chi connectivity index (χ3v) is 8.16. The van der Waals surface area contributed by atoms with E-state index in [0.29, 0.717) is 25.7 Å². The number of carbonyl (C=O) groups excluding carboxylic acids is 1. The average molecular weight is 603 g/mol. The molecule has 0 spiro atoms. The Kier molecular flexibility index (Phi) is 18.7. The molecule has 2 fully saturated rings. The van der Waals surface area contributed by atoms with Gasteiger partial charge in [0.2, 0.25) is 5.91 Å². The van der Waals surface area contributed by atoms with Crippen molar-refractivity contribution in [2.24, 2.45) is 5.92 Å². The maximum atomic E-state index is 12.9. The Morgan fingerprint density at radius 1 is 1.13 bits per heavy atom. The number of ether oxygens (including phenoxy) is 3. The molecular weight excluding hydrogens is 552 g/mol. The van der Waals surface area contributed by atoms with Gasteiger partial charge in [-0.05, 0) is 52.3 Å². The first-order valence-electron chi connectivity index (χ1n) is 13.8. The lowest BCUT2D eigenvalue weighted by Gasteiger charge is -2.44. The molecule has 6 N–H and O–H groups in total. The number of aliphatic hydroxyl groups is 5. The van der Waals surface area contributed by atoms with Crippen LogP contribution in [-0.2, 0) is 19.0 Å². The molecule has 10 atom stereocenters. The van der Waals surface area contributed by atoms with E-state index < -0.39 is 41.3 Å². The van der Waals surface area contributed by atoms with E-state index in [0.717, 1.165) is 32.2 Å². The van der Waals surface area contributed by atoms with Crippen LogP contribution in [0.3, 0.4) is 0 Å². The van der Waals surface area contributed by atoms with Crippen LogP contribution in [-0.4, -0.2) is 143 Å². The fourth-order valence-electron chi connectivity index (χ4n) is 4.87. The maximum absolute atomic E-state index is 12.9. The van der Waals surface area contributed by atoms with Crippen LogP contribution in [0.4, 0.5) is 0 Å². The normalized spacial score (nSPS) is 31.7. The highest BCUT2D eigenvalue weighted by molar-refractivity contribution is 7.99. The molecule has 0 aliphatic carbocycles. The number of rotatable bonds is 15. The summed E-state index contributed by atoms with van der Waals surface area (Å²) < 4.78 is 16.0. The summed E-state index contributed by atoms with van der Waals surface area (Å²) in [6.07, 6.45) is 0.801. The summed E-state index contributed by atoms with van der Waals surface area (Å²) in [5.41, 5.74) is -0.702. The second-order valence-electron chi connectivity index (χ2n) is 10.3. The van der Waals surface area contributed by atoms with E-state index in [2.05, 4.69) is 12.2 Å². The second kappa shape index (κ2) is 19.8. The maximum Gasteiger partial charge on any atom is 0.237 e. The third-order valence-electron chi connectivity index (χ3n) is 7.03. The van der Waals surface area contributed by atoms with E-state index in [9.17, 15) is 20.1 Å². The molecule has 2 aliphatic rings. The van der Waals surface area contributed by atoms with Crippen LogP contribution >= 0.6 is 23.4 Å². The zero-order valence-corrected chi connectivity index (χ0v) is 25.5. The van der Waals surface area contributed by atoms with Crippen molar-refractivity contribution < 1.29 is 44.5 Å². The number of likely N-dealkylation sites (tertiary alicyclic amines) is 1. The van der Waals surface area contributed by atoms with Crippen molar-refractivity contribution in [3.63, 3.8) is 0 Å². The standard InChI is InChI=1S/C18H33ClN2O5S.C8H18O4/c1-5-6-10-7-11(21(3)8-10)17(25)20-12(9(2)19)16-14(23)13(22)15(24)18(26-16)27-4;1-8(12-7-4-10)2-5-11-6-3-9/h9-16,18,22-24H,5-8H2,1-4H3,(H,20,25);8-10H,2-7H2,1H3/t9-,10+,11-,12+,13-,14+,15+,16+,18+;/m0./s1. The van der Waals surface area contributed by atoms with Crippen molar-refractivity contribution in [1.82, 2.24) is 10.2 Å². The quantitative estimate of drug-likeness (QED) is 0.112. The van der Waals surface area contributed by atoms with Gasteiger partial charge in [-0.3, -0.25) is 9.69 Å². The number of amides is 1. The fraction of sp³-hybridized carbons (Fsp3) is 0.962. The first-order chi connectivity index (χ1) is 18.5. The van der Waals surface area contributed by atoms with Crippen molar-refractivity contribution in [3.05, 3.63) is 0 Å². The van der Waals surface area contributed by atoms with Gasteiger partial charge in [0.25, 0.3) is 0 Å². The van der Waals surface area contributed by atoms with Gasteiger partial charge in [0.1, 0.15) is 29.9 Å². The molecule has 2 rings (SSSR count). The predicted octanol–water partition coefficient (Wildman–Crippen LogP) is 0.172. The lowest BCUT2D eigenvalue weighted by molar-refractivity contribution is -0.205. The first-order valence-corrected chi connectivity index (χ1v) is 15.5. The Bertz CT molecular complexity index is 667. The van der Waals surface area contributed by atoms with Gasteiger partial charge in [-0.25, -0.2) is 0 Å². The molecule has 2 aliphatic heterocycles. The summed E-state index contributed by atoms with van der Waals surface area (Å²) in [7, 11) is 1.94. The lowest BCUT2D eigenvalue weighted by atomic mass is 9.92. The SMILES string of the molecule is CC(CCOCCO)OCCO.CCC[C@@H]1C[C@@H](C(=O)N[C@@H]([C@H]2O[C@H](SC)[C@H](O)[C@@H](O)[C@H]2O)[C@H](C)Cl)N(C)C1. The molecule has 1 amide bonds. The number of alkyl halides is 1. The molecule has 11 nitrogen and oxygen atoms in total. The third kappa shape index (κ3) is 12.3. The van der Waals surface area contributed by atoms with Gasteiger partial charge in [-0.2, -0.15) is 0 Å². The van der Waals surface area contributed by atoms with Gasteiger partial charge in [-0.15, -0.1) is 23.4 Å². The van der Waals surface area contributed by atoms with Gasteiger partial charge in [0.15, 0.2) is 0 Å². The van der Waals surface area contributed by atoms with Crippen molar-refractivity contribution in [2.75, 3.05) is 52.9 Å². The monoisotopic (exact) mass is 602 g/mol. The van der Waals surface area contributed by atoms with E-state index >= 15 is 0 Å². The number of hydrogen-bond acceptors (Lipinski definition) is 11. The molecule has 13 heteroatoms. The average Bonchev–Trinajstić information content (AvgIpc) is 3.28. The van der Waals surface area contributed by atoms with E-state index in [1.807, 2.05) is 18.9 Å². The Morgan fingerprint density at radius 3 is 2.36 bits per heavy atom.